The van der Waals surface area contributed by atoms with Crippen LogP contribution in [0.3, 0.4) is 0 Å². The summed E-state index contributed by atoms with van der Waals surface area (Å²) in [5.74, 6) is 0.805. The Morgan fingerprint density at radius 1 is 1.50 bits per heavy atom. The molecule has 1 atom stereocenters. The molecule has 4 heteroatoms. The summed E-state index contributed by atoms with van der Waals surface area (Å²) >= 11 is 0. The number of hydrogen-bond acceptors (Lipinski definition) is 3. The summed E-state index contributed by atoms with van der Waals surface area (Å²) < 4.78 is 0. The van der Waals surface area contributed by atoms with Gasteiger partial charge in [0.2, 0.25) is 5.91 Å². The highest BCUT2D eigenvalue weighted by Crippen LogP contribution is 2.27. The number of carbonyl (C=O) groups excluding carboxylic acids is 1. The van der Waals surface area contributed by atoms with Gasteiger partial charge in [-0.2, -0.15) is 5.26 Å². The van der Waals surface area contributed by atoms with Crippen molar-refractivity contribution in [1.29, 1.82) is 5.26 Å². The van der Waals surface area contributed by atoms with Crippen molar-refractivity contribution in [2.24, 2.45) is 5.92 Å². The summed E-state index contributed by atoms with van der Waals surface area (Å²) in [4.78, 5) is 13.5. The van der Waals surface area contributed by atoms with E-state index in [0.717, 1.165) is 25.6 Å². The second kappa shape index (κ2) is 6.49. The molecular formula is C12H21N3O. The van der Waals surface area contributed by atoms with E-state index in [1.54, 1.807) is 4.90 Å². The smallest absolute Gasteiger partial charge is 0.225 e. The van der Waals surface area contributed by atoms with Crippen molar-refractivity contribution in [3.05, 3.63) is 0 Å². The maximum absolute atomic E-state index is 11.8. The Balaban J connectivity index is 2.30. The molecule has 0 heterocycles. The highest BCUT2D eigenvalue weighted by Gasteiger charge is 2.23. The first-order chi connectivity index (χ1) is 7.71. The molecule has 16 heavy (non-hydrogen) atoms. The molecule has 90 valence electrons. The van der Waals surface area contributed by atoms with Gasteiger partial charge in [-0.15, -0.1) is 0 Å². The number of carbonyl (C=O) groups is 1. The van der Waals surface area contributed by atoms with Gasteiger partial charge in [0, 0.05) is 13.1 Å². The maximum atomic E-state index is 11.8. The van der Waals surface area contributed by atoms with Gasteiger partial charge in [-0.3, -0.25) is 4.79 Å². The first-order valence-electron chi connectivity index (χ1n) is 6.12. The molecule has 1 N–H and O–H groups in total. The Hall–Kier alpha value is -1.08. The molecule has 0 aromatic rings. The van der Waals surface area contributed by atoms with Crippen LogP contribution in [0.1, 0.15) is 33.1 Å². The molecule has 1 amide bonds. The fourth-order valence-electron chi connectivity index (χ4n) is 1.67. The standard InChI is InChI=1S/C12H21N3O/c1-3-15(4-2)12(16)7-11(8-13)14-9-10-5-6-10/h10-11,14H,3-7,9H2,1-2H3. The molecule has 1 rings (SSSR count). The lowest BCUT2D eigenvalue weighted by atomic mass is 10.2. The quantitative estimate of drug-likeness (QED) is 0.704. The van der Waals surface area contributed by atoms with Crippen LogP contribution in [0.25, 0.3) is 0 Å². The van der Waals surface area contributed by atoms with Gasteiger partial charge in [-0.05, 0) is 39.2 Å². The van der Waals surface area contributed by atoms with Crippen LogP contribution in [0, 0.1) is 17.2 Å². The number of hydrogen-bond donors (Lipinski definition) is 1. The highest BCUT2D eigenvalue weighted by atomic mass is 16.2. The predicted molar refractivity (Wildman–Crippen MR) is 62.7 cm³/mol. The molecule has 1 aliphatic rings. The van der Waals surface area contributed by atoms with E-state index in [9.17, 15) is 4.79 Å². The highest BCUT2D eigenvalue weighted by molar-refractivity contribution is 5.77. The van der Waals surface area contributed by atoms with Crippen molar-refractivity contribution in [2.75, 3.05) is 19.6 Å². The molecule has 1 fully saturated rings. The maximum Gasteiger partial charge on any atom is 0.225 e. The van der Waals surface area contributed by atoms with E-state index in [2.05, 4.69) is 11.4 Å². The average Bonchev–Trinajstić information content (AvgIpc) is 3.09. The van der Waals surface area contributed by atoms with E-state index in [1.807, 2.05) is 13.8 Å². The third kappa shape index (κ3) is 4.19. The Morgan fingerprint density at radius 3 is 2.56 bits per heavy atom. The van der Waals surface area contributed by atoms with Crippen LogP contribution in [0.5, 0.6) is 0 Å². The Kier molecular flexibility index (Phi) is 5.27. The number of nitriles is 1. The Morgan fingerprint density at radius 2 is 2.12 bits per heavy atom. The van der Waals surface area contributed by atoms with Crippen molar-refractivity contribution in [1.82, 2.24) is 10.2 Å². The van der Waals surface area contributed by atoms with Gasteiger partial charge in [0.15, 0.2) is 0 Å². The zero-order chi connectivity index (χ0) is 12.0. The van der Waals surface area contributed by atoms with E-state index in [0.29, 0.717) is 6.42 Å². The molecule has 0 aromatic heterocycles. The van der Waals surface area contributed by atoms with Gasteiger partial charge in [0.05, 0.1) is 12.5 Å². The van der Waals surface area contributed by atoms with Crippen LogP contribution in [-0.4, -0.2) is 36.5 Å². The molecule has 4 nitrogen and oxygen atoms in total. The minimum absolute atomic E-state index is 0.0693. The lowest BCUT2D eigenvalue weighted by molar-refractivity contribution is -0.131. The van der Waals surface area contributed by atoms with Crippen molar-refractivity contribution in [3.8, 4) is 6.07 Å². The Bertz CT molecular complexity index is 264. The second-order valence-corrected chi connectivity index (χ2v) is 4.30. The SMILES string of the molecule is CCN(CC)C(=O)CC(C#N)NCC1CC1. The first kappa shape index (κ1) is 13.0. The third-order valence-corrected chi connectivity index (χ3v) is 3.00. The molecule has 0 bridgehead atoms. The van der Waals surface area contributed by atoms with Crippen LogP contribution in [0.15, 0.2) is 0 Å². The van der Waals surface area contributed by atoms with Gasteiger partial charge in [-0.1, -0.05) is 0 Å². The number of amides is 1. The van der Waals surface area contributed by atoms with Crippen LogP contribution >= 0.6 is 0 Å². The van der Waals surface area contributed by atoms with Crippen LogP contribution < -0.4 is 5.32 Å². The lowest BCUT2D eigenvalue weighted by Crippen LogP contribution is -2.38. The number of rotatable bonds is 7. The molecule has 1 saturated carbocycles. The zero-order valence-electron chi connectivity index (χ0n) is 10.2. The molecule has 0 radical (unpaired) electrons. The molecule has 1 aliphatic carbocycles. The molecule has 1 unspecified atom stereocenters. The largest absolute Gasteiger partial charge is 0.343 e. The summed E-state index contributed by atoms with van der Waals surface area (Å²) in [7, 11) is 0. The summed E-state index contributed by atoms with van der Waals surface area (Å²) in [5, 5.41) is 12.1. The van der Waals surface area contributed by atoms with Crippen molar-refractivity contribution < 1.29 is 4.79 Å². The molecule has 0 saturated heterocycles. The number of nitrogens with one attached hydrogen (secondary N) is 1. The van der Waals surface area contributed by atoms with E-state index in [4.69, 9.17) is 5.26 Å². The Labute approximate surface area is 97.6 Å². The third-order valence-electron chi connectivity index (χ3n) is 3.00. The number of nitrogens with zero attached hydrogens (tertiary/aromatic N) is 2. The van der Waals surface area contributed by atoms with Gasteiger partial charge >= 0.3 is 0 Å². The fourth-order valence-corrected chi connectivity index (χ4v) is 1.67. The fraction of sp³-hybridized carbons (Fsp3) is 0.833. The van der Waals surface area contributed by atoms with Crippen LogP contribution in [0.4, 0.5) is 0 Å². The zero-order valence-corrected chi connectivity index (χ0v) is 10.2. The van der Waals surface area contributed by atoms with Gasteiger partial charge < -0.3 is 10.2 Å². The minimum atomic E-state index is -0.325. The van der Waals surface area contributed by atoms with Gasteiger partial charge in [0.25, 0.3) is 0 Å². The first-order valence-corrected chi connectivity index (χ1v) is 6.12. The summed E-state index contributed by atoms with van der Waals surface area (Å²) in [6, 6.07) is 1.84. The van der Waals surface area contributed by atoms with Gasteiger partial charge in [-0.25, -0.2) is 0 Å². The second-order valence-electron chi connectivity index (χ2n) is 4.30. The van der Waals surface area contributed by atoms with E-state index < -0.39 is 0 Å². The lowest BCUT2D eigenvalue weighted by Gasteiger charge is -2.20. The van der Waals surface area contributed by atoms with Crippen molar-refractivity contribution >= 4 is 5.91 Å². The van der Waals surface area contributed by atoms with Crippen LogP contribution in [-0.2, 0) is 4.79 Å². The monoisotopic (exact) mass is 223 g/mol. The average molecular weight is 223 g/mol. The predicted octanol–water partition coefficient (Wildman–Crippen LogP) is 1.14. The summed E-state index contributed by atoms with van der Waals surface area (Å²) in [5.41, 5.74) is 0. The molecule has 0 aromatic carbocycles. The van der Waals surface area contributed by atoms with Crippen molar-refractivity contribution in [2.45, 2.75) is 39.2 Å². The van der Waals surface area contributed by atoms with E-state index in [-0.39, 0.29) is 11.9 Å². The summed E-state index contributed by atoms with van der Waals surface area (Å²) in [6.45, 7) is 6.23. The topological polar surface area (TPSA) is 56.1 Å². The van der Waals surface area contributed by atoms with Crippen LogP contribution in [0.2, 0.25) is 0 Å². The van der Waals surface area contributed by atoms with E-state index in [1.165, 1.54) is 12.8 Å². The van der Waals surface area contributed by atoms with Crippen molar-refractivity contribution in [3.63, 3.8) is 0 Å². The minimum Gasteiger partial charge on any atom is -0.343 e. The van der Waals surface area contributed by atoms with Gasteiger partial charge in [0.1, 0.15) is 6.04 Å². The summed E-state index contributed by atoms with van der Waals surface area (Å²) in [6.07, 6.45) is 2.81. The molecular weight excluding hydrogens is 202 g/mol. The molecule has 0 spiro atoms. The molecule has 0 aliphatic heterocycles. The van der Waals surface area contributed by atoms with E-state index >= 15 is 0 Å². The normalized spacial score (nSPS) is 16.6.